The van der Waals surface area contributed by atoms with Crippen molar-refractivity contribution >= 4 is 45.0 Å². The van der Waals surface area contributed by atoms with Crippen molar-refractivity contribution in [2.24, 2.45) is 4.99 Å². The van der Waals surface area contributed by atoms with Crippen LogP contribution in [0, 0.1) is 6.92 Å². The second kappa shape index (κ2) is 8.49. The minimum absolute atomic E-state index is 0.0625. The minimum Gasteiger partial charge on any atom is -0.485 e. The normalized spacial score (nSPS) is 16.0. The summed E-state index contributed by atoms with van der Waals surface area (Å²) in [7, 11) is 0. The van der Waals surface area contributed by atoms with Gasteiger partial charge in [0.25, 0.3) is 5.91 Å². The van der Waals surface area contributed by atoms with E-state index in [1.165, 1.54) is 11.3 Å². The molecular formula is C21H19ClN2O5S. The van der Waals surface area contributed by atoms with Crippen molar-refractivity contribution in [3.63, 3.8) is 0 Å². The highest BCUT2D eigenvalue weighted by atomic mass is 35.5. The number of carbonyl (C=O) groups excluding carboxylic acids is 2. The van der Waals surface area contributed by atoms with E-state index in [-0.39, 0.29) is 19.8 Å². The molecule has 2 heterocycles. The number of nitrogens with zero attached hydrogens (tertiary/aromatic N) is 2. The van der Waals surface area contributed by atoms with E-state index >= 15 is 0 Å². The summed E-state index contributed by atoms with van der Waals surface area (Å²) in [4.78, 5) is 29.7. The molecule has 156 valence electrons. The van der Waals surface area contributed by atoms with Gasteiger partial charge in [-0.2, -0.15) is 4.99 Å². The van der Waals surface area contributed by atoms with Crippen molar-refractivity contribution < 1.29 is 23.8 Å². The SMILES string of the molecule is CCOC(=O)Cn1c(=NC(=O)C2COc3ccccc3O2)sc2ccc(Cl)c(C)c21. The van der Waals surface area contributed by atoms with Gasteiger partial charge in [0, 0.05) is 5.02 Å². The van der Waals surface area contributed by atoms with Crippen LogP contribution in [-0.4, -0.2) is 35.8 Å². The number of hydrogen-bond donors (Lipinski definition) is 0. The van der Waals surface area contributed by atoms with E-state index in [4.69, 9.17) is 25.8 Å². The lowest BCUT2D eigenvalue weighted by atomic mass is 10.2. The van der Waals surface area contributed by atoms with Gasteiger partial charge in [-0.15, -0.1) is 0 Å². The van der Waals surface area contributed by atoms with Gasteiger partial charge >= 0.3 is 5.97 Å². The molecule has 3 aromatic rings. The third-order valence-corrected chi connectivity index (χ3v) is 6.07. The second-order valence-electron chi connectivity index (χ2n) is 6.61. The van der Waals surface area contributed by atoms with Crippen molar-refractivity contribution in [2.75, 3.05) is 13.2 Å². The van der Waals surface area contributed by atoms with Crippen molar-refractivity contribution in [1.29, 1.82) is 0 Å². The third kappa shape index (κ3) is 3.93. The lowest BCUT2D eigenvalue weighted by molar-refractivity contribution is -0.143. The molecule has 0 radical (unpaired) electrons. The smallest absolute Gasteiger partial charge is 0.326 e. The Hall–Kier alpha value is -2.84. The third-order valence-electron chi connectivity index (χ3n) is 4.61. The van der Waals surface area contributed by atoms with Gasteiger partial charge in [-0.05, 0) is 43.7 Å². The summed E-state index contributed by atoms with van der Waals surface area (Å²) in [6.45, 7) is 3.85. The highest BCUT2D eigenvalue weighted by Gasteiger charge is 2.27. The summed E-state index contributed by atoms with van der Waals surface area (Å²) in [5.74, 6) is 0.177. The van der Waals surface area contributed by atoms with Crippen LogP contribution < -0.4 is 14.3 Å². The number of ether oxygens (including phenoxy) is 3. The van der Waals surface area contributed by atoms with Gasteiger partial charge < -0.3 is 18.8 Å². The van der Waals surface area contributed by atoms with E-state index in [1.807, 2.05) is 19.1 Å². The zero-order valence-corrected chi connectivity index (χ0v) is 18.0. The van der Waals surface area contributed by atoms with Crippen LogP contribution in [0.25, 0.3) is 10.2 Å². The first kappa shape index (κ1) is 20.4. The zero-order valence-electron chi connectivity index (χ0n) is 16.4. The van der Waals surface area contributed by atoms with Crippen LogP contribution >= 0.6 is 22.9 Å². The number of rotatable bonds is 4. The first-order valence-electron chi connectivity index (χ1n) is 9.39. The second-order valence-corrected chi connectivity index (χ2v) is 8.03. The molecule has 0 N–H and O–H groups in total. The molecule has 1 aromatic heterocycles. The highest BCUT2D eigenvalue weighted by Crippen LogP contribution is 2.31. The quantitative estimate of drug-likeness (QED) is 0.573. The van der Waals surface area contributed by atoms with Gasteiger partial charge in [0.1, 0.15) is 13.2 Å². The molecule has 0 saturated carbocycles. The summed E-state index contributed by atoms with van der Waals surface area (Å²) >= 11 is 7.58. The van der Waals surface area contributed by atoms with Gasteiger partial charge in [0.2, 0.25) is 6.10 Å². The molecule has 1 amide bonds. The molecule has 0 aliphatic carbocycles. The van der Waals surface area contributed by atoms with Crippen LogP contribution in [0.15, 0.2) is 41.4 Å². The van der Waals surface area contributed by atoms with Crippen LogP contribution in [0.4, 0.5) is 0 Å². The first-order chi connectivity index (χ1) is 14.5. The summed E-state index contributed by atoms with van der Waals surface area (Å²) in [5.41, 5.74) is 1.55. The molecule has 7 nitrogen and oxygen atoms in total. The Morgan fingerprint density at radius 1 is 1.27 bits per heavy atom. The summed E-state index contributed by atoms with van der Waals surface area (Å²) in [6.07, 6.45) is -0.870. The fourth-order valence-corrected chi connectivity index (χ4v) is 4.44. The molecule has 0 fully saturated rings. The molecule has 0 bridgehead atoms. The van der Waals surface area contributed by atoms with E-state index in [0.29, 0.717) is 21.3 Å². The monoisotopic (exact) mass is 446 g/mol. The maximum Gasteiger partial charge on any atom is 0.326 e. The average Bonchev–Trinajstić information content (AvgIpc) is 3.08. The van der Waals surface area contributed by atoms with Crippen molar-refractivity contribution in [1.82, 2.24) is 4.57 Å². The Kier molecular flexibility index (Phi) is 5.78. The number of thiazole rings is 1. The predicted octanol–water partition coefficient (Wildman–Crippen LogP) is 3.50. The predicted molar refractivity (Wildman–Crippen MR) is 113 cm³/mol. The van der Waals surface area contributed by atoms with Crippen LogP contribution in [0.2, 0.25) is 5.02 Å². The van der Waals surface area contributed by atoms with E-state index < -0.39 is 18.0 Å². The molecule has 1 atom stereocenters. The van der Waals surface area contributed by atoms with Gasteiger partial charge in [-0.3, -0.25) is 9.59 Å². The molecular weight excluding hydrogens is 428 g/mol. The van der Waals surface area contributed by atoms with Crippen LogP contribution in [0.3, 0.4) is 0 Å². The van der Waals surface area contributed by atoms with Crippen molar-refractivity contribution in [3.05, 3.63) is 51.8 Å². The minimum atomic E-state index is -0.870. The molecule has 1 aliphatic heterocycles. The van der Waals surface area contributed by atoms with Crippen LogP contribution in [0.5, 0.6) is 11.5 Å². The molecule has 1 unspecified atom stereocenters. The molecule has 0 saturated heterocycles. The number of esters is 1. The van der Waals surface area contributed by atoms with E-state index in [0.717, 1.165) is 15.8 Å². The van der Waals surface area contributed by atoms with Crippen molar-refractivity contribution in [3.8, 4) is 11.5 Å². The number of aryl methyl sites for hydroxylation is 1. The number of hydrogen-bond acceptors (Lipinski definition) is 6. The lowest BCUT2D eigenvalue weighted by Gasteiger charge is -2.23. The number of carbonyl (C=O) groups is 2. The molecule has 9 heteroatoms. The average molecular weight is 447 g/mol. The lowest BCUT2D eigenvalue weighted by Crippen LogP contribution is -2.37. The van der Waals surface area contributed by atoms with Gasteiger partial charge in [0.15, 0.2) is 16.3 Å². The van der Waals surface area contributed by atoms with Crippen LogP contribution in [-0.2, 0) is 20.9 Å². The van der Waals surface area contributed by atoms with E-state index in [9.17, 15) is 9.59 Å². The largest absolute Gasteiger partial charge is 0.485 e. The Morgan fingerprint density at radius 2 is 2.03 bits per heavy atom. The summed E-state index contributed by atoms with van der Waals surface area (Å²) in [5, 5.41) is 0.566. The fourth-order valence-electron chi connectivity index (χ4n) is 3.19. The first-order valence-corrected chi connectivity index (χ1v) is 10.6. The maximum atomic E-state index is 12.8. The number of benzene rings is 2. The molecule has 2 aromatic carbocycles. The fraction of sp³-hybridized carbons (Fsp3) is 0.286. The highest BCUT2D eigenvalue weighted by molar-refractivity contribution is 7.16. The molecule has 0 spiro atoms. The van der Waals surface area contributed by atoms with Gasteiger partial charge in [-0.25, -0.2) is 0 Å². The van der Waals surface area contributed by atoms with Crippen LogP contribution in [0.1, 0.15) is 12.5 Å². The molecule has 30 heavy (non-hydrogen) atoms. The Bertz CT molecular complexity index is 1200. The summed E-state index contributed by atoms with van der Waals surface area (Å²) < 4.78 is 19.0. The van der Waals surface area contributed by atoms with Gasteiger partial charge in [-0.1, -0.05) is 35.1 Å². The summed E-state index contributed by atoms with van der Waals surface area (Å²) in [6, 6.07) is 10.8. The Morgan fingerprint density at radius 3 is 2.80 bits per heavy atom. The number of halogens is 1. The molecule has 1 aliphatic rings. The van der Waals surface area contributed by atoms with Crippen molar-refractivity contribution in [2.45, 2.75) is 26.5 Å². The number of fused-ring (bicyclic) bond motifs is 2. The van der Waals surface area contributed by atoms with Gasteiger partial charge in [0.05, 0.1) is 16.8 Å². The molecule has 4 rings (SSSR count). The number of amides is 1. The Balaban J connectivity index is 1.74. The number of para-hydroxylation sites is 2. The standard InChI is InChI=1S/C21H19ClN2O5S/c1-3-27-18(25)10-24-19-12(2)13(22)8-9-17(19)30-21(24)23-20(26)16-11-28-14-6-4-5-7-15(14)29-16/h4-9,16H,3,10-11H2,1-2H3. The maximum absolute atomic E-state index is 12.8. The topological polar surface area (TPSA) is 79.1 Å². The van der Waals surface area contributed by atoms with E-state index in [1.54, 1.807) is 35.8 Å². The van der Waals surface area contributed by atoms with E-state index in [2.05, 4.69) is 4.99 Å². The zero-order chi connectivity index (χ0) is 21.3. The number of aromatic nitrogens is 1. The Labute approximate surface area is 181 Å².